The molecule has 1 aliphatic heterocycles. The quantitative estimate of drug-likeness (QED) is 0.853. The zero-order chi connectivity index (χ0) is 12.3. The first-order chi connectivity index (χ1) is 8.09. The molecular formula is C12H21N3O2. The summed E-state index contributed by atoms with van der Waals surface area (Å²) >= 11 is 0. The molecule has 1 saturated heterocycles. The van der Waals surface area contributed by atoms with Crippen molar-refractivity contribution < 1.29 is 9.47 Å². The molecule has 0 bridgehead atoms. The van der Waals surface area contributed by atoms with Crippen molar-refractivity contribution in [2.75, 3.05) is 26.8 Å². The van der Waals surface area contributed by atoms with Crippen molar-refractivity contribution >= 4 is 0 Å². The summed E-state index contributed by atoms with van der Waals surface area (Å²) in [5.74, 6) is 0. The van der Waals surface area contributed by atoms with Crippen molar-refractivity contribution in [2.24, 2.45) is 0 Å². The molecule has 1 atom stereocenters. The number of methoxy groups -OCH3 is 1. The predicted molar refractivity (Wildman–Crippen MR) is 64.7 cm³/mol. The van der Waals surface area contributed by atoms with E-state index >= 15 is 0 Å². The molecule has 0 unspecified atom stereocenters. The molecule has 0 saturated carbocycles. The lowest BCUT2D eigenvalue weighted by molar-refractivity contribution is -0.154. The maximum atomic E-state index is 5.97. The first kappa shape index (κ1) is 12.5. The summed E-state index contributed by atoms with van der Waals surface area (Å²) in [4.78, 5) is 9.55. The van der Waals surface area contributed by atoms with Crippen LogP contribution in [0.1, 0.15) is 19.5 Å². The van der Waals surface area contributed by atoms with Gasteiger partial charge >= 0.3 is 0 Å². The summed E-state index contributed by atoms with van der Waals surface area (Å²) in [6.07, 6.45) is 3.73. The third-order valence-electron chi connectivity index (χ3n) is 2.85. The molecule has 17 heavy (non-hydrogen) atoms. The molecule has 1 N–H and O–H groups in total. The van der Waals surface area contributed by atoms with Crippen molar-refractivity contribution in [3.8, 4) is 0 Å². The number of hydrogen-bond donors (Lipinski definition) is 1. The molecular weight excluding hydrogens is 218 g/mol. The molecule has 1 aromatic heterocycles. The number of H-pyrrole nitrogens is 1. The summed E-state index contributed by atoms with van der Waals surface area (Å²) in [6, 6.07) is 0. The molecule has 2 heterocycles. The Morgan fingerprint density at radius 3 is 3.12 bits per heavy atom. The van der Waals surface area contributed by atoms with Crippen LogP contribution in [0.15, 0.2) is 12.5 Å². The third kappa shape index (κ3) is 3.52. The van der Waals surface area contributed by atoms with Crippen molar-refractivity contribution in [3.05, 3.63) is 18.2 Å². The van der Waals surface area contributed by atoms with Gasteiger partial charge in [-0.25, -0.2) is 4.98 Å². The molecule has 1 aliphatic rings. The van der Waals surface area contributed by atoms with Gasteiger partial charge in [0.1, 0.15) is 0 Å². The third-order valence-corrected chi connectivity index (χ3v) is 2.85. The highest BCUT2D eigenvalue weighted by molar-refractivity contribution is 4.96. The lowest BCUT2D eigenvalue weighted by atomic mass is 10.1. The van der Waals surface area contributed by atoms with Crippen LogP contribution in [0.2, 0.25) is 0 Å². The summed E-state index contributed by atoms with van der Waals surface area (Å²) in [6.45, 7) is 7.59. The minimum absolute atomic E-state index is 0.124. The number of aromatic amines is 1. The van der Waals surface area contributed by atoms with E-state index in [4.69, 9.17) is 9.47 Å². The van der Waals surface area contributed by atoms with Gasteiger partial charge in [-0.05, 0) is 13.8 Å². The van der Waals surface area contributed by atoms with Gasteiger partial charge in [-0.2, -0.15) is 0 Å². The van der Waals surface area contributed by atoms with Gasteiger partial charge in [-0.15, -0.1) is 0 Å². The second kappa shape index (κ2) is 5.16. The fraction of sp³-hybridized carbons (Fsp3) is 0.750. The monoisotopic (exact) mass is 239 g/mol. The number of hydrogen-bond acceptors (Lipinski definition) is 4. The van der Waals surface area contributed by atoms with Gasteiger partial charge in [0.05, 0.1) is 24.6 Å². The summed E-state index contributed by atoms with van der Waals surface area (Å²) < 4.78 is 11.2. The van der Waals surface area contributed by atoms with Crippen LogP contribution in [0.25, 0.3) is 0 Å². The lowest BCUT2D eigenvalue weighted by Gasteiger charge is -2.42. The van der Waals surface area contributed by atoms with Crippen molar-refractivity contribution in [1.29, 1.82) is 0 Å². The van der Waals surface area contributed by atoms with Crippen molar-refractivity contribution in [1.82, 2.24) is 14.9 Å². The lowest BCUT2D eigenvalue weighted by Crippen LogP contribution is -2.53. The van der Waals surface area contributed by atoms with E-state index in [9.17, 15) is 0 Å². The van der Waals surface area contributed by atoms with Crippen LogP contribution in [0.3, 0.4) is 0 Å². The molecule has 96 valence electrons. The zero-order valence-electron chi connectivity index (χ0n) is 10.8. The Bertz CT molecular complexity index is 338. The van der Waals surface area contributed by atoms with E-state index in [1.165, 1.54) is 0 Å². The Kier molecular flexibility index (Phi) is 3.81. The predicted octanol–water partition coefficient (Wildman–Crippen LogP) is 1.04. The average Bonchev–Trinajstić information content (AvgIpc) is 2.68. The number of morpholine rings is 1. The summed E-state index contributed by atoms with van der Waals surface area (Å²) in [7, 11) is 1.71. The molecule has 5 nitrogen and oxygen atoms in total. The highest BCUT2D eigenvalue weighted by Gasteiger charge is 2.33. The van der Waals surface area contributed by atoms with Crippen LogP contribution in [-0.4, -0.2) is 53.4 Å². The van der Waals surface area contributed by atoms with Gasteiger partial charge in [0.25, 0.3) is 0 Å². The maximum absolute atomic E-state index is 5.97. The highest BCUT2D eigenvalue weighted by Crippen LogP contribution is 2.22. The highest BCUT2D eigenvalue weighted by atomic mass is 16.5. The normalized spacial score (nSPS) is 25.0. The standard InChI is InChI=1S/C12H21N3O2/c1-12(2)8-15(5-10-4-13-9-14-10)6-11(17-12)7-16-3/h4,9,11H,5-8H2,1-3H3,(H,13,14)/t11-/m0/s1. The topological polar surface area (TPSA) is 50.4 Å². The maximum Gasteiger partial charge on any atom is 0.0942 e. The van der Waals surface area contributed by atoms with Gasteiger partial charge in [0.15, 0.2) is 0 Å². The Labute approximate surface area is 102 Å². The largest absolute Gasteiger partial charge is 0.382 e. The van der Waals surface area contributed by atoms with Gasteiger partial charge < -0.3 is 14.5 Å². The molecule has 5 heteroatoms. The van der Waals surface area contributed by atoms with E-state index in [1.54, 1.807) is 13.4 Å². The van der Waals surface area contributed by atoms with Crippen molar-refractivity contribution in [2.45, 2.75) is 32.1 Å². The van der Waals surface area contributed by atoms with Gasteiger partial charge in [0, 0.05) is 38.6 Å². The van der Waals surface area contributed by atoms with Crippen LogP contribution in [0, 0.1) is 0 Å². The number of rotatable bonds is 4. The minimum Gasteiger partial charge on any atom is -0.382 e. The molecule has 1 fully saturated rings. The van der Waals surface area contributed by atoms with Gasteiger partial charge in [0.2, 0.25) is 0 Å². The molecule has 0 aromatic carbocycles. The van der Waals surface area contributed by atoms with Gasteiger partial charge in [-0.3, -0.25) is 4.90 Å². The molecule has 0 spiro atoms. The van der Waals surface area contributed by atoms with E-state index in [0.717, 1.165) is 25.3 Å². The second-order valence-electron chi connectivity index (χ2n) is 5.20. The van der Waals surface area contributed by atoms with E-state index in [-0.39, 0.29) is 11.7 Å². The average molecular weight is 239 g/mol. The molecule has 0 radical (unpaired) electrons. The Morgan fingerprint density at radius 2 is 2.47 bits per heavy atom. The SMILES string of the molecule is COC[C@@H]1CN(Cc2cnc[nH]2)CC(C)(C)O1. The van der Waals surface area contributed by atoms with E-state index < -0.39 is 0 Å². The van der Waals surface area contributed by atoms with Crippen LogP contribution in [0.4, 0.5) is 0 Å². The molecule has 0 amide bonds. The second-order valence-corrected chi connectivity index (χ2v) is 5.20. The fourth-order valence-electron chi connectivity index (χ4n) is 2.42. The molecule has 1 aromatic rings. The smallest absolute Gasteiger partial charge is 0.0942 e. The Hall–Kier alpha value is -0.910. The number of imidazole rings is 1. The van der Waals surface area contributed by atoms with Crippen LogP contribution >= 0.6 is 0 Å². The zero-order valence-corrected chi connectivity index (χ0v) is 10.8. The number of ether oxygens (including phenoxy) is 2. The number of aromatic nitrogens is 2. The summed E-state index contributed by atoms with van der Waals surface area (Å²) in [5.41, 5.74) is 1.01. The first-order valence-electron chi connectivity index (χ1n) is 5.95. The van der Waals surface area contributed by atoms with E-state index in [2.05, 4.69) is 28.7 Å². The number of nitrogens with zero attached hydrogens (tertiary/aromatic N) is 2. The van der Waals surface area contributed by atoms with Crippen LogP contribution in [0.5, 0.6) is 0 Å². The fourth-order valence-corrected chi connectivity index (χ4v) is 2.42. The first-order valence-corrected chi connectivity index (χ1v) is 5.95. The summed E-state index contributed by atoms with van der Waals surface area (Å²) in [5, 5.41) is 0. The van der Waals surface area contributed by atoms with Crippen LogP contribution < -0.4 is 0 Å². The van der Waals surface area contributed by atoms with Gasteiger partial charge in [-0.1, -0.05) is 0 Å². The van der Waals surface area contributed by atoms with Crippen LogP contribution in [-0.2, 0) is 16.0 Å². The number of nitrogens with one attached hydrogen (secondary N) is 1. The molecule has 2 rings (SSSR count). The van der Waals surface area contributed by atoms with E-state index in [0.29, 0.717) is 6.61 Å². The van der Waals surface area contributed by atoms with Crippen molar-refractivity contribution in [3.63, 3.8) is 0 Å². The van der Waals surface area contributed by atoms with E-state index in [1.807, 2.05) is 6.20 Å². The Balaban J connectivity index is 1.97. The minimum atomic E-state index is -0.124. The molecule has 0 aliphatic carbocycles. The Morgan fingerprint density at radius 1 is 1.65 bits per heavy atom.